The summed E-state index contributed by atoms with van der Waals surface area (Å²) >= 11 is 0. The Bertz CT molecular complexity index is 426. The molecule has 1 N–H and O–H groups in total. The number of alkyl halides is 3. The number of nitrogens with one attached hydrogen (secondary N) is 1. The fourth-order valence-electron chi connectivity index (χ4n) is 1.24. The van der Waals surface area contributed by atoms with Crippen molar-refractivity contribution in [1.29, 1.82) is 0 Å². The zero-order chi connectivity index (χ0) is 13.6. The molecule has 1 aromatic carbocycles. The lowest BCUT2D eigenvalue weighted by molar-refractivity contribution is -0.140. The fraction of sp³-hybridized carbons (Fsp3) is 0.400. The van der Waals surface area contributed by atoms with Crippen molar-refractivity contribution in [2.45, 2.75) is 12.2 Å². The summed E-state index contributed by atoms with van der Waals surface area (Å²) in [5.41, 5.74) is 8.33. The van der Waals surface area contributed by atoms with Crippen LogP contribution in [0.3, 0.4) is 0 Å². The summed E-state index contributed by atoms with van der Waals surface area (Å²) in [5.74, 6) is 0.541. The van der Waals surface area contributed by atoms with E-state index < -0.39 is 18.8 Å². The highest BCUT2D eigenvalue weighted by atomic mass is 19.4. The Labute approximate surface area is 101 Å². The third-order valence-electron chi connectivity index (χ3n) is 2.15. The number of anilines is 1. The van der Waals surface area contributed by atoms with Crippen molar-refractivity contribution in [3.63, 3.8) is 0 Å². The van der Waals surface area contributed by atoms with Crippen LogP contribution in [0, 0.1) is 0 Å². The molecule has 0 aliphatic carbocycles. The molecular weight excluding hydrogens is 249 g/mol. The topological polar surface area (TPSA) is 70.0 Å². The Kier molecular flexibility index (Phi) is 4.67. The van der Waals surface area contributed by atoms with Crippen molar-refractivity contribution in [3.8, 4) is 5.75 Å². The second kappa shape index (κ2) is 6.02. The van der Waals surface area contributed by atoms with Crippen LogP contribution in [0.4, 0.5) is 18.9 Å². The number of hydrogen-bond donors (Lipinski definition) is 1. The lowest BCUT2D eigenvalue weighted by Crippen LogP contribution is -2.38. The van der Waals surface area contributed by atoms with Crippen molar-refractivity contribution in [2.24, 2.45) is 5.11 Å². The zero-order valence-corrected chi connectivity index (χ0v) is 9.48. The van der Waals surface area contributed by atoms with Gasteiger partial charge >= 0.3 is 6.18 Å². The first-order valence-corrected chi connectivity index (χ1v) is 4.95. The van der Waals surface area contributed by atoms with Crippen molar-refractivity contribution >= 4 is 5.69 Å². The molecule has 1 aromatic rings. The highest BCUT2D eigenvalue weighted by molar-refractivity contribution is 5.47. The highest BCUT2D eigenvalue weighted by Crippen LogP contribution is 2.25. The number of methoxy groups -OCH3 is 1. The van der Waals surface area contributed by atoms with Crippen molar-refractivity contribution in [3.05, 3.63) is 34.7 Å². The molecule has 98 valence electrons. The van der Waals surface area contributed by atoms with Gasteiger partial charge in [-0.25, -0.2) is 0 Å². The summed E-state index contributed by atoms with van der Waals surface area (Å²) in [7, 11) is 1.46. The molecular formula is C10H11F3N4O. The molecule has 18 heavy (non-hydrogen) atoms. The second-order valence-electron chi connectivity index (χ2n) is 3.38. The molecule has 0 saturated heterocycles. The Balaban J connectivity index is 2.78. The minimum atomic E-state index is -4.49. The maximum atomic E-state index is 12.6. The lowest BCUT2D eigenvalue weighted by atomic mass is 10.2. The van der Waals surface area contributed by atoms with Crippen molar-refractivity contribution < 1.29 is 17.9 Å². The Morgan fingerprint density at radius 1 is 1.39 bits per heavy atom. The number of rotatable bonds is 5. The largest absolute Gasteiger partial charge is 0.497 e. The van der Waals surface area contributed by atoms with Crippen LogP contribution in [-0.2, 0) is 0 Å². The van der Waals surface area contributed by atoms with E-state index in [1.165, 1.54) is 31.4 Å². The van der Waals surface area contributed by atoms with Gasteiger partial charge in [0, 0.05) is 10.6 Å². The number of nitrogens with zero attached hydrogens (tertiary/aromatic N) is 3. The Hall–Kier alpha value is -2.08. The molecule has 0 heterocycles. The second-order valence-corrected chi connectivity index (χ2v) is 3.38. The Morgan fingerprint density at radius 2 is 2.00 bits per heavy atom. The summed E-state index contributed by atoms with van der Waals surface area (Å²) in [6.45, 7) is -0.702. The molecule has 1 unspecified atom stereocenters. The van der Waals surface area contributed by atoms with E-state index in [-0.39, 0.29) is 5.69 Å². The Morgan fingerprint density at radius 3 is 2.44 bits per heavy atom. The van der Waals surface area contributed by atoms with E-state index in [4.69, 9.17) is 10.3 Å². The van der Waals surface area contributed by atoms with E-state index in [1.807, 2.05) is 0 Å². The first kappa shape index (κ1) is 14.0. The summed E-state index contributed by atoms with van der Waals surface area (Å²) in [4.78, 5) is 2.32. The van der Waals surface area contributed by atoms with Crippen LogP contribution >= 0.6 is 0 Å². The minimum Gasteiger partial charge on any atom is -0.497 e. The average molecular weight is 260 g/mol. The molecule has 0 amide bonds. The number of halogens is 3. The maximum absolute atomic E-state index is 12.6. The molecule has 1 atom stereocenters. The van der Waals surface area contributed by atoms with Gasteiger partial charge in [-0.15, -0.1) is 0 Å². The molecule has 0 aliphatic heterocycles. The third-order valence-corrected chi connectivity index (χ3v) is 2.15. The maximum Gasteiger partial charge on any atom is 0.408 e. The SMILES string of the molecule is COc1ccc(NC(CN=[N+]=[N-])C(F)(F)F)cc1. The first-order chi connectivity index (χ1) is 8.47. The van der Waals surface area contributed by atoms with E-state index in [2.05, 4.69) is 15.3 Å². The fourth-order valence-corrected chi connectivity index (χ4v) is 1.24. The van der Waals surface area contributed by atoms with Crippen LogP contribution < -0.4 is 10.1 Å². The summed E-state index contributed by atoms with van der Waals surface area (Å²) in [6.07, 6.45) is -4.49. The minimum absolute atomic E-state index is 0.270. The molecule has 0 spiro atoms. The summed E-state index contributed by atoms with van der Waals surface area (Å²) in [6, 6.07) is 4.05. The van der Waals surface area contributed by atoms with Crippen LogP contribution in [0.2, 0.25) is 0 Å². The molecule has 0 aliphatic rings. The summed E-state index contributed by atoms with van der Waals surface area (Å²) in [5, 5.41) is 5.20. The smallest absolute Gasteiger partial charge is 0.408 e. The van der Waals surface area contributed by atoms with Crippen LogP contribution in [0.1, 0.15) is 0 Å². The van der Waals surface area contributed by atoms with Gasteiger partial charge in [0.15, 0.2) is 0 Å². The lowest BCUT2D eigenvalue weighted by Gasteiger charge is -2.20. The van der Waals surface area contributed by atoms with Gasteiger partial charge in [0.05, 0.1) is 13.7 Å². The van der Waals surface area contributed by atoms with Gasteiger partial charge < -0.3 is 10.1 Å². The summed E-state index contributed by atoms with van der Waals surface area (Å²) < 4.78 is 42.7. The number of ether oxygens (including phenoxy) is 1. The third kappa shape index (κ3) is 4.06. The van der Waals surface area contributed by atoms with Crippen LogP contribution in [0.5, 0.6) is 5.75 Å². The highest BCUT2D eigenvalue weighted by Gasteiger charge is 2.39. The van der Waals surface area contributed by atoms with Crippen molar-refractivity contribution in [2.75, 3.05) is 19.0 Å². The number of benzene rings is 1. The normalized spacial score (nSPS) is 12.4. The molecule has 0 saturated carbocycles. The quantitative estimate of drug-likeness (QED) is 0.501. The van der Waals surface area contributed by atoms with E-state index in [9.17, 15) is 13.2 Å². The van der Waals surface area contributed by atoms with Gasteiger partial charge in [-0.2, -0.15) is 13.2 Å². The van der Waals surface area contributed by atoms with Gasteiger partial charge in [-0.05, 0) is 29.8 Å². The van der Waals surface area contributed by atoms with E-state index in [0.29, 0.717) is 5.75 Å². The van der Waals surface area contributed by atoms with Gasteiger partial charge in [0.25, 0.3) is 0 Å². The predicted molar refractivity (Wildman–Crippen MR) is 60.5 cm³/mol. The van der Waals surface area contributed by atoms with Crippen LogP contribution in [0.25, 0.3) is 10.4 Å². The average Bonchev–Trinajstić information content (AvgIpc) is 2.34. The van der Waals surface area contributed by atoms with E-state index in [1.54, 1.807) is 0 Å². The van der Waals surface area contributed by atoms with E-state index >= 15 is 0 Å². The number of azide groups is 1. The zero-order valence-electron chi connectivity index (χ0n) is 9.48. The standard InChI is InChI=1S/C10H11F3N4O/c1-18-8-4-2-7(3-5-8)16-9(6-15-17-14)10(11,12)13/h2-5,9,16H,6H2,1H3. The predicted octanol–water partition coefficient (Wildman–Crippen LogP) is 3.35. The molecule has 5 nitrogen and oxygen atoms in total. The molecule has 0 fully saturated rings. The van der Waals surface area contributed by atoms with E-state index in [0.717, 1.165) is 0 Å². The first-order valence-electron chi connectivity index (χ1n) is 4.95. The molecule has 0 radical (unpaired) electrons. The van der Waals surface area contributed by atoms with Gasteiger partial charge in [0.1, 0.15) is 11.8 Å². The van der Waals surface area contributed by atoms with Gasteiger partial charge in [-0.1, -0.05) is 5.11 Å². The van der Waals surface area contributed by atoms with Crippen LogP contribution in [-0.4, -0.2) is 25.9 Å². The van der Waals surface area contributed by atoms with Crippen molar-refractivity contribution in [1.82, 2.24) is 0 Å². The molecule has 0 bridgehead atoms. The van der Waals surface area contributed by atoms with Gasteiger partial charge in [-0.3, -0.25) is 0 Å². The molecule has 0 aromatic heterocycles. The number of hydrogen-bond acceptors (Lipinski definition) is 3. The van der Waals surface area contributed by atoms with Gasteiger partial charge in [0.2, 0.25) is 0 Å². The molecule has 8 heteroatoms. The monoisotopic (exact) mass is 260 g/mol. The molecule has 1 rings (SSSR count). The van der Waals surface area contributed by atoms with Crippen LogP contribution in [0.15, 0.2) is 29.4 Å².